The highest BCUT2D eigenvalue weighted by Gasteiger charge is 2.56. The molecule has 3 atom stereocenters. The van der Waals surface area contributed by atoms with E-state index in [2.05, 4.69) is 12.2 Å². The molecule has 116 valence electrons. The van der Waals surface area contributed by atoms with Gasteiger partial charge in [-0.3, -0.25) is 0 Å². The van der Waals surface area contributed by atoms with Crippen LogP contribution >= 0.6 is 0 Å². The number of nitrogens with one attached hydrogen (secondary N) is 1. The standard InChI is InChI=1S/C17H22F3N/c1-2-9-21-16(15-13-7-4-8-14(13)15)11-5-3-6-12(10-11)17(18,19)20/h3,5-6,10,13-16,21H,2,4,7-9H2,1H3. The number of rotatable bonds is 5. The Morgan fingerprint density at radius 2 is 1.95 bits per heavy atom. The van der Waals surface area contributed by atoms with Crippen molar-refractivity contribution in [2.45, 2.75) is 44.8 Å². The maximum Gasteiger partial charge on any atom is 0.416 e. The average Bonchev–Trinajstić information content (AvgIpc) is 2.92. The molecule has 3 rings (SSSR count). The maximum atomic E-state index is 12.9. The van der Waals surface area contributed by atoms with Crippen LogP contribution in [0.4, 0.5) is 13.2 Å². The molecule has 2 aliphatic carbocycles. The zero-order valence-corrected chi connectivity index (χ0v) is 12.3. The highest BCUT2D eigenvalue weighted by atomic mass is 19.4. The van der Waals surface area contributed by atoms with E-state index in [0.29, 0.717) is 5.92 Å². The van der Waals surface area contributed by atoms with Crippen LogP contribution in [0, 0.1) is 17.8 Å². The normalized spacial score (nSPS) is 29.2. The number of benzene rings is 1. The summed E-state index contributed by atoms with van der Waals surface area (Å²) in [4.78, 5) is 0. The van der Waals surface area contributed by atoms with Crippen LogP contribution < -0.4 is 5.32 Å². The predicted molar refractivity (Wildman–Crippen MR) is 76.8 cm³/mol. The first kappa shape index (κ1) is 14.9. The quantitative estimate of drug-likeness (QED) is 0.823. The highest BCUT2D eigenvalue weighted by Crippen LogP contribution is 2.62. The van der Waals surface area contributed by atoms with Crippen LogP contribution in [0.3, 0.4) is 0 Å². The van der Waals surface area contributed by atoms with Crippen molar-refractivity contribution in [3.8, 4) is 0 Å². The van der Waals surface area contributed by atoms with E-state index in [9.17, 15) is 13.2 Å². The minimum atomic E-state index is -4.26. The van der Waals surface area contributed by atoms with E-state index in [4.69, 9.17) is 0 Å². The van der Waals surface area contributed by atoms with Crippen molar-refractivity contribution in [1.29, 1.82) is 0 Å². The lowest BCUT2D eigenvalue weighted by molar-refractivity contribution is -0.137. The molecule has 0 bridgehead atoms. The molecule has 0 aromatic heterocycles. The Kier molecular flexibility index (Phi) is 4.00. The molecule has 3 unspecified atom stereocenters. The van der Waals surface area contributed by atoms with Gasteiger partial charge in [-0.05, 0) is 61.3 Å². The number of fused-ring (bicyclic) bond motifs is 1. The topological polar surface area (TPSA) is 12.0 Å². The molecular weight excluding hydrogens is 275 g/mol. The summed E-state index contributed by atoms with van der Waals surface area (Å²) < 4.78 is 38.7. The number of hydrogen-bond acceptors (Lipinski definition) is 1. The first-order valence-electron chi connectivity index (χ1n) is 7.93. The Morgan fingerprint density at radius 1 is 1.24 bits per heavy atom. The summed E-state index contributed by atoms with van der Waals surface area (Å²) in [7, 11) is 0. The fourth-order valence-corrected chi connectivity index (χ4v) is 4.06. The van der Waals surface area contributed by atoms with Crippen molar-refractivity contribution in [3.05, 3.63) is 35.4 Å². The molecule has 1 nitrogen and oxygen atoms in total. The molecule has 0 saturated heterocycles. The van der Waals surface area contributed by atoms with Gasteiger partial charge in [-0.15, -0.1) is 0 Å². The van der Waals surface area contributed by atoms with E-state index >= 15 is 0 Å². The summed E-state index contributed by atoms with van der Waals surface area (Å²) in [5.41, 5.74) is 0.270. The molecule has 0 spiro atoms. The molecule has 2 fully saturated rings. The second-order valence-corrected chi connectivity index (χ2v) is 6.39. The van der Waals surface area contributed by atoms with Gasteiger partial charge in [0.25, 0.3) is 0 Å². The van der Waals surface area contributed by atoms with Crippen LogP contribution in [0.25, 0.3) is 0 Å². The average molecular weight is 297 g/mol. The first-order chi connectivity index (χ1) is 10.0. The summed E-state index contributed by atoms with van der Waals surface area (Å²) in [5, 5.41) is 3.49. The van der Waals surface area contributed by atoms with Gasteiger partial charge in [0.05, 0.1) is 5.56 Å². The Morgan fingerprint density at radius 3 is 2.57 bits per heavy atom. The van der Waals surface area contributed by atoms with Crippen molar-refractivity contribution in [1.82, 2.24) is 5.32 Å². The summed E-state index contributed by atoms with van der Waals surface area (Å²) in [6, 6.07) is 5.96. The van der Waals surface area contributed by atoms with Gasteiger partial charge in [-0.25, -0.2) is 0 Å². The summed E-state index contributed by atoms with van der Waals surface area (Å²) in [5.74, 6) is 2.00. The molecular formula is C17H22F3N. The fourth-order valence-electron chi connectivity index (χ4n) is 4.06. The third kappa shape index (κ3) is 2.96. The predicted octanol–water partition coefficient (Wildman–Crippen LogP) is 4.79. The Balaban J connectivity index is 1.83. The zero-order chi connectivity index (χ0) is 15.0. The zero-order valence-electron chi connectivity index (χ0n) is 12.3. The van der Waals surface area contributed by atoms with Gasteiger partial charge in [-0.1, -0.05) is 25.5 Å². The van der Waals surface area contributed by atoms with Crippen molar-refractivity contribution in [2.24, 2.45) is 17.8 Å². The van der Waals surface area contributed by atoms with E-state index in [1.54, 1.807) is 0 Å². The van der Waals surface area contributed by atoms with E-state index in [-0.39, 0.29) is 6.04 Å². The van der Waals surface area contributed by atoms with E-state index < -0.39 is 11.7 Å². The van der Waals surface area contributed by atoms with Crippen molar-refractivity contribution >= 4 is 0 Å². The number of alkyl halides is 3. The van der Waals surface area contributed by atoms with Gasteiger partial charge < -0.3 is 5.32 Å². The van der Waals surface area contributed by atoms with Crippen molar-refractivity contribution in [3.63, 3.8) is 0 Å². The highest BCUT2D eigenvalue weighted by molar-refractivity contribution is 5.30. The molecule has 4 heteroatoms. The maximum absolute atomic E-state index is 12.9. The lowest BCUT2D eigenvalue weighted by Crippen LogP contribution is -2.26. The number of hydrogen-bond donors (Lipinski definition) is 1. The molecule has 1 aromatic rings. The molecule has 0 radical (unpaired) electrons. The van der Waals surface area contributed by atoms with E-state index in [1.807, 2.05) is 6.07 Å². The molecule has 2 saturated carbocycles. The molecule has 0 aliphatic heterocycles. The molecule has 2 aliphatic rings. The monoisotopic (exact) mass is 297 g/mol. The van der Waals surface area contributed by atoms with Gasteiger partial charge in [0, 0.05) is 6.04 Å². The minimum absolute atomic E-state index is 0.0857. The molecule has 1 N–H and O–H groups in total. The molecule has 21 heavy (non-hydrogen) atoms. The fraction of sp³-hybridized carbons (Fsp3) is 0.647. The van der Waals surface area contributed by atoms with Crippen LogP contribution in [0.15, 0.2) is 24.3 Å². The van der Waals surface area contributed by atoms with Gasteiger partial charge >= 0.3 is 6.18 Å². The van der Waals surface area contributed by atoms with Crippen LogP contribution in [0.2, 0.25) is 0 Å². The summed E-state index contributed by atoms with van der Waals surface area (Å²) in [6.45, 7) is 2.95. The largest absolute Gasteiger partial charge is 0.416 e. The Labute approximate surface area is 123 Å². The lowest BCUT2D eigenvalue weighted by Gasteiger charge is -2.22. The first-order valence-corrected chi connectivity index (χ1v) is 7.93. The van der Waals surface area contributed by atoms with E-state index in [0.717, 1.165) is 36.4 Å². The minimum Gasteiger partial charge on any atom is -0.310 e. The van der Waals surface area contributed by atoms with Gasteiger partial charge in [0.2, 0.25) is 0 Å². The van der Waals surface area contributed by atoms with Crippen LogP contribution in [0.1, 0.15) is 49.8 Å². The second kappa shape index (κ2) is 5.64. The lowest BCUT2D eigenvalue weighted by atomic mass is 9.95. The second-order valence-electron chi connectivity index (χ2n) is 6.39. The van der Waals surface area contributed by atoms with Gasteiger partial charge in [0.15, 0.2) is 0 Å². The Hall–Kier alpha value is -1.03. The SMILES string of the molecule is CCCNC(c1cccc(C(F)(F)F)c1)C1C2CCCC21. The van der Waals surface area contributed by atoms with Crippen molar-refractivity contribution < 1.29 is 13.2 Å². The van der Waals surface area contributed by atoms with Crippen molar-refractivity contribution in [2.75, 3.05) is 6.54 Å². The molecule has 0 amide bonds. The molecule has 0 heterocycles. The van der Waals surface area contributed by atoms with E-state index in [1.165, 1.54) is 31.4 Å². The van der Waals surface area contributed by atoms with Gasteiger partial charge in [-0.2, -0.15) is 13.2 Å². The third-order valence-corrected chi connectivity index (χ3v) is 5.04. The molecule has 1 aromatic carbocycles. The summed E-state index contributed by atoms with van der Waals surface area (Å²) in [6.07, 6.45) is 0.522. The Bertz CT molecular complexity index is 487. The van der Waals surface area contributed by atoms with Crippen LogP contribution in [-0.4, -0.2) is 6.54 Å². The number of halogens is 3. The summed E-state index contributed by atoms with van der Waals surface area (Å²) >= 11 is 0. The van der Waals surface area contributed by atoms with Crippen LogP contribution in [0.5, 0.6) is 0 Å². The third-order valence-electron chi connectivity index (χ3n) is 5.04. The smallest absolute Gasteiger partial charge is 0.310 e. The van der Waals surface area contributed by atoms with Gasteiger partial charge in [0.1, 0.15) is 0 Å². The van der Waals surface area contributed by atoms with Crippen LogP contribution in [-0.2, 0) is 6.18 Å².